The van der Waals surface area contributed by atoms with Gasteiger partial charge in [0.25, 0.3) is 5.91 Å². The third kappa shape index (κ3) is 6.76. The Bertz CT molecular complexity index is 1350. The van der Waals surface area contributed by atoms with Crippen LogP contribution in [0.5, 0.6) is 23.0 Å². The van der Waals surface area contributed by atoms with E-state index in [1.165, 1.54) is 38.6 Å². The molecule has 0 unspecified atom stereocenters. The lowest BCUT2D eigenvalue weighted by Gasteiger charge is -2.13. The number of methoxy groups -OCH3 is 2. The van der Waals surface area contributed by atoms with Crippen molar-refractivity contribution in [3.63, 3.8) is 0 Å². The molecule has 36 heavy (non-hydrogen) atoms. The first-order chi connectivity index (χ1) is 17.3. The van der Waals surface area contributed by atoms with Crippen molar-refractivity contribution in [1.29, 1.82) is 0 Å². The third-order valence-electron chi connectivity index (χ3n) is 4.74. The van der Waals surface area contributed by atoms with Gasteiger partial charge in [-0.3, -0.25) is 4.79 Å². The van der Waals surface area contributed by atoms with Crippen LogP contribution in [0.25, 0.3) is 0 Å². The van der Waals surface area contributed by atoms with Gasteiger partial charge in [-0.15, -0.1) is 0 Å². The molecule has 0 heterocycles. The Labute approximate surface area is 218 Å². The molecule has 0 saturated carbocycles. The predicted molar refractivity (Wildman–Crippen MR) is 139 cm³/mol. The molecule has 190 valence electrons. The van der Waals surface area contributed by atoms with Gasteiger partial charge in [0.15, 0.2) is 23.0 Å². The van der Waals surface area contributed by atoms with E-state index in [9.17, 15) is 13.2 Å². The second-order valence-corrected chi connectivity index (χ2v) is 9.70. The summed E-state index contributed by atoms with van der Waals surface area (Å²) in [6.45, 7) is 2.53. The number of hydrazone groups is 1. The number of nitrogens with one attached hydrogen (secondary N) is 1. The van der Waals surface area contributed by atoms with E-state index in [0.29, 0.717) is 33.7 Å². The molecule has 1 N–H and O–H groups in total. The summed E-state index contributed by atoms with van der Waals surface area (Å²) in [7, 11) is -1.19. The van der Waals surface area contributed by atoms with Crippen LogP contribution in [0.2, 0.25) is 0 Å². The van der Waals surface area contributed by atoms with E-state index in [0.717, 1.165) is 6.42 Å². The van der Waals surface area contributed by atoms with E-state index in [4.69, 9.17) is 18.4 Å². The SMILES string of the molecule is CCCOc1ccc(C(=O)N/N=C/c2cc(Br)c(OS(=O)(=O)c3ccccc3)c(OC)c2)cc1OC. The minimum atomic E-state index is -4.07. The summed E-state index contributed by atoms with van der Waals surface area (Å²) < 4.78 is 47.1. The maximum absolute atomic E-state index is 12.6. The van der Waals surface area contributed by atoms with Gasteiger partial charge in [0.05, 0.1) is 31.5 Å². The summed E-state index contributed by atoms with van der Waals surface area (Å²) in [5, 5.41) is 3.98. The Morgan fingerprint density at radius 3 is 2.39 bits per heavy atom. The number of nitrogens with zero attached hydrogens (tertiary/aromatic N) is 1. The molecule has 11 heteroatoms. The fourth-order valence-electron chi connectivity index (χ4n) is 3.01. The molecule has 0 aliphatic heterocycles. The smallest absolute Gasteiger partial charge is 0.339 e. The van der Waals surface area contributed by atoms with Crippen LogP contribution in [0, 0.1) is 0 Å². The van der Waals surface area contributed by atoms with E-state index in [2.05, 4.69) is 26.5 Å². The van der Waals surface area contributed by atoms with E-state index in [-0.39, 0.29) is 16.4 Å². The van der Waals surface area contributed by atoms with E-state index in [1.807, 2.05) is 6.92 Å². The van der Waals surface area contributed by atoms with Crippen LogP contribution < -0.4 is 23.8 Å². The predicted octanol–water partition coefficient (Wildman–Crippen LogP) is 4.79. The van der Waals surface area contributed by atoms with Crippen molar-refractivity contribution in [2.45, 2.75) is 18.2 Å². The van der Waals surface area contributed by atoms with E-state index in [1.54, 1.807) is 42.5 Å². The molecule has 0 aromatic heterocycles. The largest absolute Gasteiger partial charge is 0.493 e. The zero-order chi connectivity index (χ0) is 26.1. The average molecular weight is 577 g/mol. The zero-order valence-corrected chi connectivity index (χ0v) is 22.3. The topological polar surface area (TPSA) is 113 Å². The molecule has 0 fully saturated rings. The van der Waals surface area contributed by atoms with Crippen molar-refractivity contribution in [3.8, 4) is 23.0 Å². The lowest BCUT2D eigenvalue weighted by molar-refractivity contribution is 0.0954. The van der Waals surface area contributed by atoms with Crippen LogP contribution >= 0.6 is 15.9 Å². The minimum absolute atomic E-state index is 0.00823. The molecule has 0 saturated heterocycles. The molecule has 3 rings (SSSR count). The highest BCUT2D eigenvalue weighted by Crippen LogP contribution is 2.38. The lowest BCUT2D eigenvalue weighted by Crippen LogP contribution is -2.17. The molecule has 1 amide bonds. The summed E-state index contributed by atoms with van der Waals surface area (Å²) in [5.41, 5.74) is 3.30. The van der Waals surface area contributed by atoms with Crippen molar-refractivity contribution in [1.82, 2.24) is 5.43 Å². The van der Waals surface area contributed by atoms with Gasteiger partial charge < -0.3 is 18.4 Å². The molecule has 0 bridgehead atoms. The first-order valence-electron chi connectivity index (χ1n) is 10.8. The van der Waals surface area contributed by atoms with Crippen molar-refractivity contribution in [2.75, 3.05) is 20.8 Å². The van der Waals surface area contributed by atoms with Gasteiger partial charge in [-0.2, -0.15) is 13.5 Å². The Morgan fingerprint density at radius 1 is 1.00 bits per heavy atom. The number of amides is 1. The number of rotatable bonds is 11. The van der Waals surface area contributed by atoms with Gasteiger partial charge in [-0.25, -0.2) is 5.43 Å². The molecular weight excluding hydrogens is 552 g/mol. The second-order valence-electron chi connectivity index (χ2n) is 7.30. The molecular formula is C25H25BrN2O7S. The van der Waals surface area contributed by atoms with Gasteiger partial charge in [-0.1, -0.05) is 25.1 Å². The number of halogens is 1. The highest BCUT2D eigenvalue weighted by atomic mass is 79.9. The first kappa shape index (κ1) is 27.0. The molecule has 0 aliphatic carbocycles. The molecule has 3 aromatic carbocycles. The summed E-state index contributed by atoms with van der Waals surface area (Å²) >= 11 is 3.32. The number of ether oxygens (including phenoxy) is 3. The molecule has 0 atom stereocenters. The highest BCUT2D eigenvalue weighted by Gasteiger charge is 2.21. The second kappa shape index (κ2) is 12.4. The highest BCUT2D eigenvalue weighted by molar-refractivity contribution is 9.10. The maximum Gasteiger partial charge on any atom is 0.339 e. The van der Waals surface area contributed by atoms with Gasteiger partial charge in [0, 0.05) is 5.56 Å². The van der Waals surface area contributed by atoms with Crippen LogP contribution in [-0.4, -0.2) is 41.4 Å². The molecule has 0 spiro atoms. The normalized spacial score (nSPS) is 11.2. The van der Waals surface area contributed by atoms with Gasteiger partial charge in [0.2, 0.25) is 0 Å². The number of hydrogen-bond acceptors (Lipinski definition) is 8. The zero-order valence-electron chi connectivity index (χ0n) is 19.9. The Morgan fingerprint density at radius 2 is 1.72 bits per heavy atom. The Hall–Kier alpha value is -3.57. The van der Waals surface area contributed by atoms with E-state index < -0.39 is 16.0 Å². The molecule has 0 aliphatic rings. The fraction of sp³-hybridized carbons (Fsp3) is 0.200. The van der Waals surface area contributed by atoms with Crippen LogP contribution in [-0.2, 0) is 10.1 Å². The molecule has 9 nitrogen and oxygen atoms in total. The number of carbonyl (C=O) groups excluding carboxylic acids is 1. The number of hydrogen-bond donors (Lipinski definition) is 1. The maximum atomic E-state index is 12.6. The van der Waals surface area contributed by atoms with Crippen LogP contribution in [0.1, 0.15) is 29.3 Å². The number of carbonyl (C=O) groups is 1. The summed E-state index contributed by atoms with van der Waals surface area (Å²) in [6, 6.07) is 15.7. The van der Waals surface area contributed by atoms with Gasteiger partial charge in [-0.05, 0) is 70.4 Å². The summed E-state index contributed by atoms with van der Waals surface area (Å²) in [4.78, 5) is 12.5. The molecule has 0 radical (unpaired) electrons. The van der Waals surface area contributed by atoms with Crippen LogP contribution in [0.3, 0.4) is 0 Å². The number of benzene rings is 3. The van der Waals surface area contributed by atoms with Crippen molar-refractivity contribution >= 4 is 38.2 Å². The Kier molecular flexibility index (Phi) is 9.31. The quantitative estimate of drug-likeness (QED) is 0.198. The van der Waals surface area contributed by atoms with Crippen LogP contribution in [0.4, 0.5) is 0 Å². The first-order valence-corrected chi connectivity index (χ1v) is 13.0. The Balaban J connectivity index is 1.74. The average Bonchev–Trinajstić information content (AvgIpc) is 2.89. The van der Waals surface area contributed by atoms with Crippen molar-refractivity contribution < 1.29 is 31.6 Å². The van der Waals surface area contributed by atoms with Gasteiger partial charge >= 0.3 is 10.1 Å². The fourth-order valence-corrected chi connectivity index (χ4v) is 4.64. The van der Waals surface area contributed by atoms with Gasteiger partial charge in [0.1, 0.15) is 4.90 Å². The third-order valence-corrected chi connectivity index (χ3v) is 6.57. The van der Waals surface area contributed by atoms with Crippen molar-refractivity contribution in [2.24, 2.45) is 5.10 Å². The minimum Gasteiger partial charge on any atom is -0.493 e. The standard InChI is InChI=1S/C25H25BrN2O7S/c1-4-12-34-21-11-10-18(15-22(21)32-2)25(29)28-27-16-17-13-20(26)24(23(14-17)33-3)35-36(30,31)19-8-6-5-7-9-19/h5-11,13-16H,4,12H2,1-3H3,(H,28,29)/b27-16+. The molecule has 3 aromatic rings. The van der Waals surface area contributed by atoms with Crippen molar-refractivity contribution in [3.05, 3.63) is 76.3 Å². The monoisotopic (exact) mass is 576 g/mol. The van der Waals surface area contributed by atoms with Crippen LogP contribution in [0.15, 0.2) is 75.1 Å². The summed E-state index contributed by atoms with van der Waals surface area (Å²) in [5.74, 6) is 0.679. The lowest BCUT2D eigenvalue weighted by atomic mass is 10.2. The van der Waals surface area contributed by atoms with E-state index >= 15 is 0 Å². The summed E-state index contributed by atoms with van der Waals surface area (Å²) in [6.07, 6.45) is 2.23.